The van der Waals surface area contributed by atoms with Crippen LogP contribution in [-0.2, 0) is 12.8 Å². The number of rotatable bonds is 0. The standard InChI is InChI=1S/C10H13N.C2H7N.C2H6/c1-8-6-7-9-4-2-3-5-10(9)11-8;1-3-2;1-2/h6-7H,2-5H2,1H3;3H,1-2H3;1-2H3. The monoisotopic (exact) mass is 222 g/mol. The molecule has 2 nitrogen and oxygen atoms in total. The molecule has 16 heavy (non-hydrogen) atoms. The molecule has 0 amide bonds. The SMILES string of the molecule is CC.CNC.Cc1ccc2c(n1)CCCC2. The summed E-state index contributed by atoms with van der Waals surface area (Å²) in [5, 5.41) is 2.75. The Morgan fingerprint density at radius 1 is 1.06 bits per heavy atom. The number of fused-ring (bicyclic) bond motifs is 1. The lowest BCUT2D eigenvalue weighted by Gasteiger charge is -2.14. The smallest absolute Gasteiger partial charge is 0.0438 e. The average molecular weight is 222 g/mol. The van der Waals surface area contributed by atoms with E-state index in [2.05, 4.69) is 29.4 Å². The summed E-state index contributed by atoms with van der Waals surface area (Å²) in [4.78, 5) is 4.51. The molecule has 0 bridgehead atoms. The van der Waals surface area contributed by atoms with E-state index in [4.69, 9.17) is 0 Å². The Labute approximate surface area is 100 Å². The van der Waals surface area contributed by atoms with Crippen LogP contribution in [0, 0.1) is 6.92 Å². The number of hydrogen-bond acceptors (Lipinski definition) is 2. The Morgan fingerprint density at radius 2 is 1.62 bits per heavy atom. The summed E-state index contributed by atoms with van der Waals surface area (Å²) >= 11 is 0. The van der Waals surface area contributed by atoms with Gasteiger partial charge in [0, 0.05) is 11.4 Å². The van der Waals surface area contributed by atoms with E-state index in [0.717, 1.165) is 5.69 Å². The fraction of sp³-hybridized carbons (Fsp3) is 0.643. The van der Waals surface area contributed by atoms with Crippen molar-refractivity contribution in [1.29, 1.82) is 0 Å². The topological polar surface area (TPSA) is 24.9 Å². The fourth-order valence-corrected chi connectivity index (χ4v) is 1.69. The van der Waals surface area contributed by atoms with Crippen LogP contribution in [-0.4, -0.2) is 19.1 Å². The molecule has 92 valence electrons. The van der Waals surface area contributed by atoms with Gasteiger partial charge in [-0.05, 0) is 58.3 Å². The van der Waals surface area contributed by atoms with Gasteiger partial charge in [-0.1, -0.05) is 19.9 Å². The van der Waals surface area contributed by atoms with Crippen LogP contribution >= 0.6 is 0 Å². The maximum Gasteiger partial charge on any atom is 0.0438 e. The number of nitrogens with zero attached hydrogens (tertiary/aromatic N) is 1. The minimum atomic E-state index is 1.16. The third-order valence-corrected chi connectivity index (χ3v) is 2.32. The molecule has 1 aliphatic rings. The summed E-state index contributed by atoms with van der Waals surface area (Å²) in [6, 6.07) is 4.35. The average Bonchev–Trinajstić information content (AvgIpc) is 2.32. The van der Waals surface area contributed by atoms with Gasteiger partial charge in [-0.3, -0.25) is 4.98 Å². The molecule has 1 heterocycles. The number of pyridine rings is 1. The maximum atomic E-state index is 4.51. The van der Waals surface area contributed by atoms with Gasteiger partial charge in [0.2, 0.25) is 0 Å². The lowest BCUT2D eigenvalue weighted by molar-refractivity contribution is 0.665. The Hall–Kier alpha value is -0.890. The summed E-state index contributed by atoms with van der Waals surface area (Å²) in [6.45, 7) is 6.06. The molecule has 0 atom stereocenters. The van der Waals surface area contributed by atoms with Gasteiger partial charge < -0.3 is 5.32 Å². The van der Waals surface area contributed by atoms with Crippen molar-refractivity contribution in [3.05, 3.63) is 29.1 Å². The summed E-state index contributed by atoms with van der Waals surface area (Å²) < 4.78 is 0. The Bertz CT molecular complexity index is 282. The zero-order chi connectivity index (χ0) is 12.4. The van der Waals surface area contributed by atoms with Crippen molar-refractivity contribution in [1.82, 2.24) is 10.3 Å². The summed E-state index contributed by atoms with van der Waals surface area (Å²) in [6.07, 6.45) is 5.10. The van der Waals surface area contributed by atoms with E-state index in [1.165, 1.54) is 36.9 Å². The molecule has 0 aliphatic heterocycles. The molecule has 0 spiro atoms. The third kappa shape index (κ3) is 5.26. The second-order valence-corrected chi connectivity index (χ2v) is 3.77. The predicted molar refractivity (Wildman–Crippen MR) is 71.9 cm³/mol. The van der Waals surface area contributed by atoms with Crippen molar-refractivity contribution >= 4 is 0 Å². The highest BCUT2D eigenvalue weighted by molar-refractivity contribution is 5.24. The molecule has 1 N–H and O–H groups in total. The van der Waals surface area contributed by atoms with Gasteiger partial charge in [0.05, 0.1) is 0 Å². The minimum Gasteiger partial charge on any atom is -0.323 e. The number of hydrogen-bond donors (Lipinski definition) is 1. The first-order valence-corrected chi connectivity index (χ1v) is 6.32. The van der Waals surface area contributed by atoms with Gasteiger partial charge >= 0.3 is 0 Å². The molecule has 0 saturated heterocycles. The normalized spacial score (nSPS) is 12.6. The molecule has 0 aromatic carbocycles. The van der Waals surface area contributed by atoms with Crippen LogP contribution in [0.25, 0.3) is 0 Å². The summed E-state index contributed by atoms with van der Waals surface area (Å²) in [5.41, 5.74) is 3.98. The lowest BCUT2D eigenvalue weighted by Crippen LogP contribution is -2.05. The second-order valence-electron chi connectivity index (χ2n) is 3.77. The molecule has 2 heteroatoms. The molecule has 1 aromatic rings. The van der Waals surface area contributed by atoms with Gasteiger partial charge in [-0.2, -0.15) is 0 Å². The largest absolute Gasteiger partial charge is 0.323 e. The highest BCUT2D eigenvalue weighted by Crippen LogP contribution is 2.18. The third-order valence-electron chi connectivity index (χ3n) is 2.32. The van der Waals surface area contributed by atoms with E-state index in [9.17, 15) is 0 Å². The van der Waals surface area contributed by atoms with Crippen molar-refractivity contribution in [2.24, 2.45) is 0 Å². The maximum absolute atomic E-state index is 4.51. The van der Waals surface area contributed by atoms with Crippen LogP contribution in [0.2, 0.25) is 0 Å². The zero-order valence-corrected chi connectivity index (χ0v) is 11.4. The molecule has 0 saturated carbocycles. The molecule has 0 fully saturated rings. The number of aromatic nitrogens is 1. The molecular weight excluding hydrogens is 196 g/mol. The van der Waals surface area contributed by atoms with Gasteiger partial charge in [0.15, 0.2) is 0 Å². The predicted octanol–water partition coefficient (Wildman–Crippen LogP) is 3.13. The highest BCUT2D eigenvalue weighted by Gasteiger charge is 2.09. The van der Waals surface area contributed by atoms with Crippen LogP contribution in [0.3, 0.4) is 0 Å². The summed E-state index contributed by atoms with van der Waals surface area (Å²) in [5.74, 6) is 0. The fourth-order valence-electron chi connectivity index (χ4n) is 1.69. The van der Waals surface area contributed by atoms with Crippen LogP contribution in [0.15, 0.2) is 12.1 Å². The van der Waals surface area contributed by atoms with E-state index < -0.39 is 0 Å². The van der Waals surface area contributed by atoms with Gasteiger partial charge in [-0.25, -0.2) is 0 Å². The van der Waals surface area contributed by atoms with Crippen LogP contribution in [0.4, 0.5) is 0 Å². The van der Waals surface area contributed by atoms with E-state index in [-0.39, 0.29) is 0 Å². The van der Waals surface area contributed by atoms with Gasteiger partial charge in [0.1, 0.15) is 0 Å². The van der Waals surface area contributed by atoms with Crippen molar-refractivity contribution < 1.29 is 0 Å². The Kier molecular flexibility index (Phi) is 8.82. The number of aryl methyl sites for hydroxylation is 3. The molecular formula is C14H26N2. The quantitative estimate of drug-likeness (QED) is 0.729. The lowest BCUT2D eigenvalue weighted by atomic mass is 9.96. The highest BCUT2D eigenvalue weighted by atomic mass is 14.7. The van der Waals surface area contributed by atoms with Crippen LogP contribution in [0.5, 0.6) is 0 Å². The van der Waals surface area contributed by atoms with Crippen LogP contribution < -0.4 is 5.32 Å². The van der Waals surface area contributed by atoms with E-state index in [1.807, 2.05) is 27.9 Å². The van der Waals surface area contributed by atoms with Crippen LogP contribution in [0.1, 0.15) is 43.6 Å². The van der Waals surface area contributed by atoms with Gasteiger partial charge in [0.25, 0.3) is 0 Å². The summed E-state index contributed by atoms with van der Waals surface area (Å²) in [7, 11) is 3.75. The first-order valence-electron chi connectivity index (χ1n) is 6.32. The molecule has 0 unspecified atom stereocenters. The molecule has 1 aromatic heterocycles. The second kappa shape index (κ2) is 9.34. The van der Waals surface area contributed by atoms with Crippen molar-refractivity contribution in [3.63, 3.8) is 0 Å². The number of nitrogens with one attached hydrogen (secondary N) is 1. The van der Waals surface area contributed by atoms with Crippen molar-refractivity contribution in [3.8, 4) is 0 Å². The first kappa shape index (κ1) is 15.1. The van der Waals surface area contributed by atoms with E-state index in [1.54, 1.807) is 0 Å². The first-order chi connectivity index (χ1) is 7.77. The Balaban J connectivity index is 0.000000394. The molecule has 1 aliphatic carbocycles. The minimum absolute atomic E-state index is 1.16. The van der Waals surface area contributed by atoms with Crippen molar-refractivity contribution in [2.75, 3.05) is 14.1 Å². The zero-order valence-electron chi connectivity index (χ0n) is 11.4. The Morgan fingerprint density at radius 3 is 2.25 bits per heavy atom. The van der Waals surface area contributed by atoms with Crippen molar-refractivity contribution in [2.45, 2.75) is 46.5 Å². The van der Waals surface area contributed by atoms with Gasteiger partial charge in [-0.15, -0.1) is 0 Å². The van der Waals surface area contributed by atoms with E-state index >= 15 is 0 Å². The molecule has 0 radical (unpaired) electrons. The molecule has 2 rings (SSSR count). The van der Waals surface area contributed by atoms with E-state index in [0.29, 0.717) is 0 Å².